The van der Waals surface area contributed by atoms with Crippen molar-refractivity contribution >= 4 is 17.5 Å². The maximum atomic E-state index is 11.5. The molecule has 4 nitrogen and oxygen atoms in total. The fourth-order valence-electron chi connectivity index (χ4n) is 1.43. The summed E-state index contributed by atoms with van der Waals surface area (Å²) < 4.78 is 9.11. The van der Waals surface area contributed by atoms with Gasteiger partial charge in [0.05, 0.1) is 23.9 Å². The zero-order valence-corrected chi connectivity index (χ0v) is 10.5. The van der Waals surface area contributed by atoms with Gasteiger partial charge in [-0.1, -0.05) is 12.1 Å². The Morgan fingerprint density at radius 1 is 1.44 bits per heavy atom. The van der Waals surface area contributed by atoms with Crippen LogP contribution in [0.15, 0.2) is 30.3 Å². The van der Waals surface area contributed by atoms with Gasteiger partial charge in [-0.05, 0) is 36.7 Å². The SMILES string of the molecule is CCOC(=O)c1cc(-c2ccc(C#N)cc2)ns1. The van der Waals surface area contributed by atoms with Gasteiger partial charge in [0.15, 0.2) is 0 Å². The van der Waals surface area contributed by atoms with E-state index in [2.05, 4.69) is 10.4 Å². The molecular weight excluding hydrogens is 248 g/mol. The van der Waals surface area contributed by atoms with E-state index in [1.165, 1.54) is 0 Å². The third-order valence-electron chi connectivity index (χ3n) is 2.30. The number of rotatable bonds is 3. The highest BCUT2D eigenvalue weighted by atomic mass is 32.1. The van der Waals surface area contributed by atoms with Crippen molar-refractivity contribution in [1.82, 2.24) is 4.37 Å². The number of carbonyl (C=O) groups is 1. The van der Waals surface area contributed by atoms with Crippen LogP contribution in [0.4, 0.5) is 0 Å². The minimum Gasteiger partial charge on any atom is -0.462 e. The van der Waals surface area contributed by atoms with E-state index < -0.39 is 0 Å². The van der Waals surface area contributed by atoms with Crippen molar-refractivity contribution in [3.05, 3.63) is 40.8 Å². The lowest BCUT2D eigenvalue weighted by atomic mass is 10.1. The highest BCUT2D eigenvalue weighted by Gasteiger charge is 2.12. The third kappa shape index (κ3) is 2.55. The van der Waals surface area contributed by atoms with Crippen LogP contribution in [-0.4, -0.2) is 16.9 Å². The Morgan fingerprint density at radius 2 is 2.17 bits per heavy atom. The number of benzene rings is 1. The Morgan fingerprint density at radius 3 is 2.78 bits per heavy atom. The van der Waals surface area contributed by atoms with Crippen molar-refractivity contribution in [1.29, 1.82) is 5.26 Å². The first-order chi connectivity index (χ1) is 8.74. The number of ether oxygens (including phenoxy) is 1. The summed E-state index contributed by atoms with van der Waals surface area (Å²) in [4.78, 5) is 12.0. The molecule has 0 amide bonds. The smallest absolute Gasteiger partial charge is 0.349 e. The lowest BCUT2D eigenvalue weighted by Crippen LogP contribution is -2.01. The van der Waals surface area contributed by atoms with E-state index in [0.717, 1.165) is 17.1 Å². The highest BCUT2D eigenvalue weighted by molar-refractivity contribution is 7.08. The Kier molecular flexibility index (Phi) is 3.70. The van der Waals surface area contributed by atoms with Gasteiger partial charge in [0.1, 0.15) is 4.88 Å². The fraction of sp³-hybridized carbons (Fsp3) is 0.154. The van der Waals surface area contributed by atoms with E-state index in [0.29, 0.717) is 22.7 Å². The minimum absolute atomic E-state index is 0.350. The highest BCUT2D eigenvalue weighted by Crippen LogP contribution is 2.22. The van der Waals surface area contributed by atoms with E-state index in [9.17, 15) is 4.79 Å². The second kappa shape index (κ2) is 5.43. The molecule has 1 heterocycles. The predicted molar refractivity (Wildman–Crippen MR) is 68.2 cm³/mol. The first kappa shape index (κ1) is 12.3. The van der Waals surface area contributed by atoms with Gasteiger partial charge in [-0.3, -0.25) is 0 Å². The summed E-state index contributed by atoms with van der Waals surface area (Å²) in [6.07, 6.45) is 0. The Hall–Kier alpha value is -2.19. The van der Waals surface area contributed by atoms with Gasteiger partial charge in [-0.2, -0.15) is 9.64 Å². The molecule has 18 heavy (non-hydrogen) atoms. The van der Waals surface area contributed by atoms with Gasteiger partial charge in [-0.15, -0.1) is 0 Å². The molecular formula is C13H10N2O2S. The van der Waals surface area contributed by atoms with Crippen LogP contribution in [0.5, 0.6) is 0 Å². The van der Waals surface area contributed by atoms with Crippen LogP contribution in [-0.2, 0) is 4.74 Å². The molecule has 1 aromatic heterocycles. The molecule has 0 aliphatic rings. The number of esters is 1. The van der Waals surface area contributed by atoms with Crippen molar-refractivity contribution in [2.24, 2.45) is 0 Å². The number of carbonyl (C=O) groups excluding carboxylic acids is 1. The molecule has 0 atom stereocenters. The molecule has 5 heteroatoms. The summed E-state index contributed by atoms with van der Waals surface area (Å²) in [7, 11) is 0. The van der Waals surface area contributed by atoms with E-state index in [4.69, 9.17) is 10.00 Å². The predicted octanol–water partition coefficient (Wildman–Crippen LogP) is 2.86. The first-order valence-electron chi connectivity index (χ1n) is 5.39. The van der Waals surface area contributed by atoms with Crippen molar-refractivity contribution < 1.29 is 9.53 Å². The van der Waals surface area contributed by atoms with Crippen LogP contribution in [0.1, 0.15) is 22.2 Å². The second-order valence-electron chi connectivity index (χ2n) is 3.49. The van der Waals surface area contributed by atoms with E-state index in [-0.39, 0.29) is 5.97 Å². The molecule has 0 fully saturated rings. The maximum absolute atomic E-state index is 11.5. The fourth-order valence-corrected chi connectivity index (χ4v) is 2.08. The zero-order valence-electron chi connectivity index (χ0n) is 9.71. The van der Waals surface area contributed by atoms with Crippen LogP contribution in [0.2, 0.25) is 0 Å². The van der Waals surface area contributed by atoms with Gasteiger partial charge in [-0.25, -0.2) is 4.79 Å². The zero-order chi connectivity index (χ0) is 13.0. The van der Waals surface area contributed by atoms with Gasteiger partial charge < -0.3 is 4.74 Å². The monoisotopic (exact) mass is 258 g/mol. The van der Waals surface area contributed by atoms with E-state index in [1.54, 1.807) is 25.1 Å². The summed E-state index contributed by atoms with van der Waals surface area (Å²) in [5.74, 6) is -0.352. The Bertz CT molecular complexity index is 596. The molecule has 0 aliphatic heterocycles. The average Bonchev–Trinajstić information content (AvgIpc) is 2.89. The van der Waals surface area contributed by atoms with Crippen LogP contribution < -0.4 is 0 Å². The third-order valence-corrected chi connectivity index (χ3v) is 3.07. The lowest BCUT2D eigenvalue weighted by Gasteiger charge is -1.96. The summed E-state index contributed by atoms with van der Waals surface area (Å²) in [6.45, 7) is 2.11. The van der Waals surface area contributed by atoms with Crippen LogP contribution in [0, 0.1) is 11.3 Å². The molecule has 0 spiro atoms. The Balaban J connectivity index is 2.24. The molecule has 0 radical (unpaired) electrons. The molecule has 0 saturated heterocycles. The summed E-state index contributed by atoms with van der Waals surface area (Å²) in [6, 6.07) is 10.8. The molecule has 0 aliphatic carbocycles. The van der Waals surface area contributed by atoms with E-state index >= 15 is 0 Å². The number of hydrogen-bond acceptors (Lipinski definition) is 5. The largest absolute Gasteiger partial charge is 0.462 e. The molecule has 0 saturated carbocycles. The molecule has 1 aromatic carbocycles. The van der Waals surface area contributed by atoms with Crippen molar-refractivity contribution in [2.75, 3.05) is 6.61 Å². The number of nitriles is 1. The standard InChI is InChI=1S/C13H10N2O2S/c1-2-17-13(16)12-7-11(15-18-12)10-5-3-9(8-14)4-6-10/h3-7H,2H2,1H3. The normalized spacial score (nSPS) is 9.78. The van der Waals surface area contributed by atoms with Crippen molar-refractivity contribution in [3.8, 4) is 17.3 Å². The van der Waals surface area contributed by atoms with Crippen molar-refractivity contribution in [3.63, 3.8) is 0 Å². The molecule has 0 unspecified atom stereocenters. The van der Waals surface area contributed by atoms with Crippen molar-refractivity contribution in [2.45, 2.75) is 6.92 Å². The average molecular weight is 258 g/mol. The Labute approximate surface area is 109 Å². The topological polar surface area (TPSA) is 63.0 Å². The quantitative estimate of drug-likeness (QED) is 0.794. The molecule has 0 N–H and O–H groups in total. The van der Waals surface area contributed by atoms with E-state index in [1.807, 2.05) is 12.1 Å². The first-order valence-corrected chi connectivity index (χ1v) is 6.16. The van der Waals surface area contributed by atoms with Crippen LogP contribution in [0.25, 0.3) is 11.3 Å². The number of hydrogen-bond donors (Lipinski definition) is 0. The number of aromatic nitrogens is 1. The van der Waals surface area contributed by atoms with Gasteiger partial charge >= 0.3 is 5.97 Å². The minimum atomic E-state index is -0.352. The van der Waals surface area contributed by atoms with Gasteiger partial charge in [0.2, 0.25) is 0 Å². The van der Waals surface area contributed by atoms with Crippen LogP contribution in [0.3, 0.4) is 0 Å². The molecule has 2 aromatic rings. The summed E-state index contributed by atoms with van der Waals surface area (Å²) in [5, 5.41) is 8.71. The van der Waals surface area contributed by atoms with Crippen LogP contribution >= 0.6 is 11.5 Å². The summed E-state index contributed by atoms with van der Waals surface area (Å²) >= 11 is 1.11. The van der Waals surface area contributed by atoms with Gasteiger partial charge in [0.25, 0.3) is 0 Å². The molecule has 2 rings (SSSR count). The lowest BCUT2D eigenvalue weighted by molar-refractivity contribution is 0.0532. The molecule has 90 valence electrons. The van der Waals surface area contributed by atoms with Gasteiger partial charge in [0, 0.05) is 5.56 Å². The maximum Gasteiger partial charge on any atom is 0.349 e. The second-order valence-corrected chi connectivity index (χ2v) is 4.29. The summed E-state index contributed by atoms with van der Waals surface area (Å²) in [5.41, 5.74) is 2.19. The molecule has 0 bridgehead atoms. The number of nitrogens with zero attached hydrogens (tertiary/aromatic N) is 2.